The van der Waals surface area contributed by atoms with Crippen LogP contribution in [-0.2, 0) is 0 Å². The van der Waals surface area contributed by atoms with E-state index in [0.29, 0.717) is 6.54 Å². The zero-order valence-electron chi connectivity index (χ0n) is 13.4. The monoisotopic (exact) mass is 308 g/mol. The molecule has 1 aromatic carbocycles. The molecule has 0 saturated carbocycles. The molecule has 1 aliphatic rings. The molecule has 0 radical (unpaired) electrons. The molecule has 23 heavy (non-hydrogen) atoms. The summed E-state index contributed by atoms with van der Waals surface area (Å²) in [5.74, 6) is 0.896. The Morgan fingerprint density at radius 3 is 2.83 bits per heavy atom. The molecule has 1 N–H and O–H groups in total. The van der Waals surface area contributed by atoms with Crippen LogP contribution in [0, 0.1) is 13.8 Å². The van der Waals surface area contributed by atoms with Gasteiger partial charge in [-0.05, 0) is 31.9 Å². The second-order valence-electron chi connectivity index (χ2n) is 6.32. The number of hydrogen-bond donors (Lipinski definition) is 1. The highest BCUT2D eigenvalue weighted by Crippen LogP contribution is 2.29. The summed E-state index contributed by atoms with van der Waals surface area (Å²) in [4.78, 5) is 6.65. The van der Waals surface area contributed by atoms with Crippen molar-refractivity contribution in [2.24, 2.45) is 0 Å². The van der Waals surface area contributed by atoms with Gasteiger partial charge in [0.25, 0.3) is 0 Å². The number of aromatic nitrogens is 3. The molecule has 1 aliphatic heterocycles. The molecule has 3 aromatic rings. The van der Waals surface area contributed by atoms with Crippen LogP contribution in [0.5, 0.6) is 0 Å². The first-order valence-electron chi connectivity index (χ1n) is 7.97. The van der Waals surface area contributed by atoms with Crippen molar-refractivity contribution in [2.45, 2.75) is 26.4 Å². The van der Waals surface area contributed by atoms with Crippen LogP contribution in [-0.4, -0.2) is 38.9 Å². The van der Waals surface area contributed by atoms with E-state index in [2.05, 4.69) is 48.0 Å². The summed E-state index contributed by atoms with van der Waals surface area (Å²) in [6, 6.07) is 8.50. The molecule has 5 heteroatoms. The van der Waals surface area contributed by atoms with E-state index in [0.717, 1.165) is 35.6 Å². The molecule has 1 atom stereocenters. The Morgan fingerprint density at radius 1 is 1.22 bits per heavy atom. The van der Waals surface area contributed by atoms with Gasteiger partial charge < -0.3 is 10.0 Å². The van der Waals surface area contributed by atoms with Gasteiger partial charge in [-0.15, -0.1) is 0 Å². The normalized spacial score (nSPS) is 18.0. The first-order chi connectivity index (χ1) is 11.1. The molecule has 4 rings (SSSR count). The fourth-order valence-electron chi connectivity index (χ4n) is 3.32. The van der Waals surface area contributed by atoms with Crippen molar-refractivity contribution in [3.05, 3.63) is 47.8 Å². The highest BCUT2D eigenvalue weighted by Gasteiger charge is 2.23. The Kier molecular flexibility index (Phi) is 3.31. The van der Waals surface area contributed by atoms with Crippen molar-refractivity contribution in [1.82, 2.24) is 14.6 Å². The number of aliphatic hydroxyl groups excluding tert-OH is 1. The maximum atomic E-state index is 9.79. The van der Waals surface area contributed by atoms with Crippen LogP contribution in [0.4, 0.5) is 5.82 Å². The summed E-state index contributed by atoms with van der Waals surface area (Å²) in [5, 5.41) is 14.5. The Hall–Kier alpha value is -2.40. The molecule has 1 saturated heterocycles. The van der Waals surface area contributed by atoms with Crippen LogP contribution in [0.3, 0.4) is 0 Å². The maximum Gasteiger partial charge on any atom is 0.154 e. The first-order valence-corrected chi connectivity index (χ1v) is 7.97. The highest BCUT2D eigenvalue weighted by molar-refractivity contribution is 5.76. The van der Waals surface area contributed by atoms with E-state index >= 15 is 0 Å². The van der Waals surface area contributed by atoms with Gasteiger partial charge in [0.1, 0.15) is 5.52 Å². The van der Waals surface area contributed by atoms with Gasteiger partial charge in [-0.2, -0.15) is 5.10 Å². The standard InChI is InChI=1S/C18H20N4O/c1-12-3-4-15(13(2)9-12)16-10-17-18(19-6-8-22(17)20-16)21-7-5-14(23)11-21/h3-4,6,8-10,14,23H,5,7,11H2,1-2H3. The van der Waals surface area contributed by atoms with Gasteiger partial charge in [0, 0.05) is 31.0 Å². The van der Waals surface area contributed by atoms with Crippen molar-refractivity contribution in [3.63, 3.8) is 0 Å². The molecule has 3 heterocycles. The Balaban J connectivity index is 1.82. The number of rotatable bonds is 2. The number of anilines is 1. The summed E-state index contributed by atoms with van der Waals surface area (Å²) >= 11 is 0. The summed E-state index contributed by atoms with van der Waals surface area (Å²) in [6.45, 7) is 5.68. The predicted molar refractivity (Wildman–Crippen MR) is 90.7 cm³/mol. The largest absolute Gasteiger partial charge is 0.391 e. The van der Waals surface area contributed by atoms with Crippen molar-refractivity contribution >= 4 is 11.3 Å². The van der Waals surface area contributed by atoms with E-state index < -0.39 is 0 Å². The minimum atomic E-state index is -0.265. The molecule has 2 aromatic heterocycles. The van der Waals surface area contributed by atoms with E-state index in [-0.39, 0.29) is 6.10 Å². The van der Waals surface area contributed by atoms with Gasteiger partial charge in [0.15, 0.2) is 5.82 Å². The van der Waals surface area contributed by atoms with Gasteiger partial charge in [0.05, 0.1) is 11.8 Å². The fourth-order valence-corrected chi connectivity index (χ4v) is 3.32. The van der Waals surface area contributed by atoms with E-state index in [1.165, 1.54) is 11.1 Å². The molecule has 0 spiro atoms. The lowest BCUT2D eigenvalue weighted by molar-refractivity contribution is 0.198. The minimum Gasteiger partial charge on any atom is -0.391 e. The zero-order valence-corrected chi connectivity index (χ0v) is 13.4. The van der Waals surface area contributed by atoms with E-state index in [9.17, 15) is 5.11 Å². The lowest BCUT2D eigenvalue weighted by atomic mass is 10.0. The van der Waals surface area contributed by atoms with E-state index in [1.807, 2.05) is 10.7 Å². The third-order valence-electron chi connectivity index (χ3n) is 4.49. The second-order valence-corrected chi connectivity index (χ2v) is 6.32. The van der Waals surface area contributed by atoms with Gasteiger partial charge in [-0.3, -0.25) is 0 Å². The van der Waals surface area contributed by atoms with E-state index in [4.69, 9.17) is 5.10 Å². The van der Waals surface area contributed by atoms with Gasteiger partial charge in [-0.1, -0.05) is 23.8 Å². The molecule has 5 nitrogen and oxygen atoms in total. The summed E-state index contributed by atoms with van der Waals surface area (Å²) in [6.07, 6.45) is 4.17. The second kappa shape index (κ2) is 5.35. The molecule has 0 bridgehead atoms. The van der Waals surface area contributed by atoms with Crippen LogP contribution in [0.25, 0.3) is 16.8 Å². The summed E-state index contributed by atoms with van der Waals surface area (Å²) in [7, 11) is 0. The van der Waals surface area contributed by atoms with Crippen molar-refractivity contribution < 1.29 is 5.11 Å². The number of hydrogen-bond acceptors (Lipinski definition) is 4. The van der Waals surface area contributed by atoms with Gasteiger partial charge in [0.2, 0.25) is 0 Å². The molecular formula is C18H20N4O. The van der Waals surface area contributed by atoms with Crippen molar-refractivity contribution in [3.8, 4) is 11.3 Å². The molecular weight excluding hydrogens is 288 g/mol. The van der Waals surface area contributed by atoms with Crippen LogP contribution < -0.4 is 4.90 Å². The fraction of sp³-hybridized carbons (Fsp3) is 0.333. The van der Waals surface area contributed by atoms with Crippen LogP contribution in [0.2, 0.25) is 0 Å². The number of nitrogens with zero attached hydrogens (tertiary/aromatic N) is 4. The third-order valence-corrected chi connectivity index (χ3v) is 4.49. The summed E-state index contributed by atoms with van der Waals surface area (Å²) in [5.41, 5.74) is 5.56. The molecule has 118 valence electrons. The topological polar surface area (TPSA) is 53.7 Å². The third kappa shape index (κ3) is 2.47. The lowest BCUT2D eigenvalue weighted by Gasteiger charge is -2.16. The van der Waals surface area contributed by atoms with Gasteiger partial charge >= 0.3 is 0 Å². The number of aryl methyl sites for hydroxylation is 2. The number of fused-ring (bicyclic) bond motifs is 1. The Bertz CT molecular complexity index is 871. The average molecular weight is 308 g/mol. The lowest BCUT2D eigenvalue weighted by Crippen LogP contribution is -2.22. The maximum absolute atomic E-state index is 9.79. The Labute approximate surface area is 135 Å². The van der Waals surface area contributed by atoms with Crippen LogP contribution >= 0.6 is 0 Å². The smallest absolute Gasteiger partial charge is 0.154 e. The number of aliphatic hydroxyl groups is 1. The first kappa shape index (κ1) is 14.2. The van der Waals surface area contributed by atoms with Gasteiger partial charge in [-0.25, -0.2) is 9.50 Å². The highest BCUT2D eigenvalue weighted by atomic mass is 16.3. The quantitative estimate of drug-likeness (QED) is 0.790. The average Bonchev–Trinajstić information content (AvgIpc) is 3.12. The predicted octanol–water partition coefficient (Wildman–Crippen LogP) is 2.58. The van der Waals surface area contributed by atoms with Crippen molar-refractivity contribution in [2.75, 3.05) is 18.0 Å². The minimum absolute atomic E-state index is 0.265. The van der Waals surface area contributed by atoms with Crippen molar-refractivity contribution in [1.29, 1.82) is 0 Å². The summed E-state index contributed by atoms with van der Waals surface area (Å²) < 4.78 is 1.88. The molecule has 0 aliphatic carbocycles. The molecule has 1 fully saturated rings. The van der Waals surface area contributed by atoms with Crippen LogP contribution in [0.15, 0.2) is 36.7 Å². The zero-order chi connectivity index (χ0) is 16.0. The molecule has 0 amide bonds. The Morgan fingerprint density at radius 2 is 2.09 bits per heavy atom. The number of benzene rings is 1. The van der Waals surface area contributed by atoms with E-state index in [1.54, 1.807) is 6.20 Å². The SMILES string of the molecule is Cc1ccc(-c2cc3c(N4CCC(O)C4)nccn3n2)c(C)c1. The number of β-amino-alcohol motifs (C(OH)–C–C–N with tert-alkyl or cyclic N) is 1. The molecule has 1 unspecified atom stereocenters. The van der Waals surface area contributed by atoms with Crippen LogP contribution in [0.1, 0.15) is 17.5 Å².